The minimum absolute atomic E-state index is 0.168. The molecule has 1 amide bonds. The molecule has 0 fully saturated rings. The van der Waals surface area contributed by atoms with E-state index in [-0.39, 0.29) is 18.0 Å². The summed E-state index contributed by atoms with van der Waals surface area (Å²) >= 11 is 0. The molecule has 0 spiro atoms. The summed E-state index contributed by atoms with van der Waals surface area (Å²) in [5.74, 6) is -1.72. The van der Waals surface area contributed by atoms with Gasteiger partial charge in [0, 0.05) is 24.6 Å². The minimum atomic E-state index is -0.485. The number of hydrogen-bond acceptors (Lipinski definition) is 2. The van der Waals surface area contributed by atoms with E-state index >= 15 is 0 Å². The first-order valence-corrected chi connectivity index (χ1v) is 4.94. The number of carbonyl (C=O) groups is 1. The smallest absolute Gasteiger partial charge is 0.221 e. The van der Waals surface area contributed by atoms with E-state index in [1.165, 1.54) is 0 Å². The first kappa shape index (κ1) is 12.6. The quantitative estimate of drug-likeness (QED) is 0.795. The lowest BCUT2D eigenvalue weighted by atomic mass is 10.1. The van der Waals surface area contributed by atoms with Crippen LogP contribution in [0.15, 0.2) is 18.2 Å². The highest BCUT2D eigenvalue weighted by Gasteiger charge is 2.08. The Kier molecular flexibility index (Phi) is 4.37. The molecule has 0 bridgehead atoms. The van der Waals surface area contributed by atoms with Gasteiger partial charge in [-0.05, 0) is 18.2 Å². The first-order chi connectivity index (χ1) is 7.50. The van der Waals surface area contributed by atoms with Crippen molar-refractivity contribution in [1.82, 2.24) is 5.32 Å². The van der Waals surface area contributed by atoms with Gasteiger partial charge in [0.15, 0.2) is 0 Å². The van der Waals surface area contributed by atoms with E-state index in [9.17, 15) is 13.6 Å². The van der Waals surface area contributed by atoms with Crippen LogP contribution in [-0.4, -0.2) is 12.5 Å². The van der Waals surface area contributed by atoms with Crippen LogP contribution in [0.5, 0.6) is 0 Å². The lowest BCUT2D eigenvalue weighted by Crippen LogP contribution is -2.30. The van der Waals surface area contributed by atoms with Crippen molar-refractivity contribution in [2.75, 3.05) is 6.54 Å². The molecule has 1 unspecified atom stereocenters. The molecule has 0 saturated carbocycles. The molecule has 1 rings (SSSR count). The van der Waals surface area contributed by atoms with Crippen molar-refractivity contribution in [3.05, 3.63) is 35.4 Å². The summed E-state index contributed by atoms with van der Waals surface area (Å²) in [6.45, 7) is 2.17. The maximum atomic E-state index is 13.2. The number of rotatable bonds is 5. The molecule has 0 radical (unpaired) electrons. The summed E-state index contributed by atoms with van der Waals surface area (Å²) in [6, 6.07) is 3.26. The van der Waals surface area contributed by atoms with E-state index in [1.54, 1.807) is 6.92 Å². The van der Waals surface area contributed by atoms with Crippen LogP contribution in [0.25, 0.3) is 0 Å². The van der Waals surface area contributed by atoms with Gasteiger partial charge in [0.2, 0.25) is 5.91 Å². The largest absolute Gasteiger partial charge is 0.369 e. The molecule has 3 N–H and O–H groups in total. The fraction of sp³-hybridized carbons (Fsp3) is 0.364. The molecule has 88 valence electrons. The highest BCUT2D eigenvalue weighted by Crippen LogP contribution is 2.09. The number of nitrogens with two attached hydrogens (primary N) is 1. The number of carbonyl (C=O) groups excluding carboxylic acids is 1. The van der Waals surface area contributed by atoms with E-state index in [0.717, 1.165) is 18.2 Å². The highest BCUT2D eigenvalue weighted by atomic mass is 19.1. The number of primary amides is 1. The Bertz CT molecular complexity index is 382. The van der Waals surface area contributed by atoms with Gasteiger partial charge in [-0.3, -0.25) is 4.79 Å². The summed E-state index contributed by atoms with van der Waals surface area (Å²) in [7, 11) is 0. The summed E-state index contributed by atoms with van der Waals surface area (Å²) < 4.78 is 25.9. The number of amides is 1. The molecule has 0 heterocycles. The van der Waals surface area contributed by atoms with Crippen LogP contribution in [0.3, 0.4) is 0 Å². The Morgan fingerprint density at radius 1 is 1.50 bits per heavy atom. The lowest BCUT2D eigenvalue weighted by Gasteiger charge is -2.09. The zero-order chi connectivity index (χ0) is 12.1. The fourth-order valence-corrected chi connectivity index (χ4v) is 1.20. The molecule has 1 atom stereocenters. The fourth-order valence-electron chi connectivity index (χ4n) is 1.20. The second kappa shape index (κ2) is 5.55. The molecule has 0 aliphatic heterocycles. The van der Waals surface area contributed by atoms with Gasteiger partial charge in [-0.2, -0.15) is 0 Å². The molecule has 5 heteroatoms. The average molecular weight is 228 g/mol. The Hall–Kier alpha value is -1.49. The average Bonchev–Trinajstić information content (AvgIpc) is 2.22. The van der Waals surface area contributed by atoms with E-state index in [2.05, 4.69) is 5.32 Å². The van der Waals surface area contributed by atoms with Crippen molar-refractivity contribution in [3.8, 4) is 0 Å². The second-order valence-electron chi connectivity index (χ2n) is 3.67. The Morgan fingerprint density at radius 2 is 2.19 bits per heavy atom. The normalized spacial score (nSPS) is 12.4. The van der Waals surface area contributed by atoms with Gasteiger partial charge in [-0.1, -0.05) is 6.92 Å². The maximum absolute atomic E-state index is 13.2. The van der Waals surface area contributed by atoms with Gasteiger partial charge in [-0.15, -0.1) is 0 Å². The standard InChI is InChI=1S/C11H14F2N2O/c1-7(11(14)16)5-15-6-8-4-9(12)2-3-10(8)13/h2-4,7,15H,5-6H2,1H3,(H2,14,16). The molecule has 0 aromatic heterocycles. The molecule has 3 nitrogen and oxygen atoms in total. The van der Waals surface area contributed by atoms with Gasteiger partial charge >= 0.3 is 0 Å². The van der Waals surface area contributed by atoms with Crippen molar-refractivity contribution in [3.63, 3.8) is 0 Å². The summed E-state index contributed by atoms with van der Waals surface area (Å²) in [5, 5.41) is 2.84. The van der Waals surface area contributed by atoms with Gasteiger partial charge in [0.05, 0.1) is 0 Å². The van der Waals surface area contributed by atoms with E-state index in [4.69, 9.17) is 5.73 Å². The number of nitrogens with one attached hydrogen (secondary N) is 1. The molecular formula is C11H14F2N2O. The zero-order valence-electron chi connectivity index (χ0n) is 8.97. The first-order valence-electron chi connectivity index (χ1n) is 4.94. The Labute approximate surface area is 92.6 Å². The van der Waals surface area contributed by atoms with E-state index < -0.39 is 17.5 Å². The van der Waals surface area contributed by atoms with E-state index in [0.29, 0.717) is 6.54 Å². The third-order valence-electron chi connectivity index (χ3n) is 2.26. The molecule has 16 heavy (non-hydrogen) atoms. The summed E-state index contributed by atoms with van der Waals surface area (Å²) in [5.41, 5.74) is 5.29. The maximum Gasteiger partial charge on any atom is 0.221 e. The Balaban J connectivity index is 2.48. The third kappa shape index (κ3) is 3.58. The topological polar surface area (TPSA) is 55.1 Å². The predicted octanol–water partition coefficient (Wildman–Crippen LogP) is 1.18. The van der Waals surface area contributed by atoms with Crippen molar-refractivity contribution < 1.29 is 13.6 Å². The van der Waals surface area contributed by atoms with Crippen molar-refractivity contribution in [2.45, 2.75) is 13.5 Å². The van der Waals surface area contributed by atoms with Crippen molar-refractivity contribution >= 4 is 5.91 Å². The Morgan fingerprint density at radius 3 is 2.81 bits per heavy atom. The van der Waals surface area contributed by atoms with Crippen LogP contribution in [-0.2, 0) is 11.3 Å². The minimum Gasteiger partial charge on any atom is -0.369 e. The zero-order valence-corrected chi connectivity index (χ0v) is 8.97. The number of benzene rings is 1. The molecule has 0 saturated heterocycles. The second-order valence-corrected chi connectivity index (χ2v) is 3.67. The van der Waals surface area contributed by atoms with Crippen LogP contribution in [0.4, 0.5) is 8.78 Å². The number of halogens is 2. The predicted molar refractivity (Wildman–Crippen MR) is 56.4 cm³/mol. The third-order valence-corrected chi connectivity index (χ3v) is 2.26. The SMILES string of the molecule is CC(CNCc1cc(F)ccc1F)C(N)=O. The van der Waals surface area contributed by atoms with Gasteiger partial charge in [-0.25, -0.2) is 8.78 Å². The summed E-state index contributed by atoms with van der Waals surface area (Å²) in [6.07, 6.45) is 0. The monoisotopic (exact) mass is 228 g/mol. The highest BCUT2D eigenvalue weighted by molar-refractivity contribution is 5.76. The molecular weight excluding hydrogens is 214 g/mol. The van der Waals surface area contributed by atoms with Gasteiger partial charge < -0.3 is 11.1 Å². The van der Waals surface area contributed by atoms with Crippen LogP contribution in [0, 0.1) is 17.6 Å². The van der Waals surface area contributed by atoms with E-state index in [1.807, 2.05) is 0 Å². The lowest BCUT2D eigenvalue weighted by molar-refractivity contribution is -0.121. The number of hydrogen-bond donors (Lipinski definition) is 2. The van der Waals surface area contributed by atoms with Crippen LogP contribution >= 0.6 is 0 Å². The summed E-state index contributed by atoms with van der Waals surface area (Å²) in [4.78, 5) is 10.7. The van der Waals surface area contributed by atoms with Crippen molar-refractivity contribution in [2.24, 2.45) is 11.7 Å². The van der Waals surface area contributed by atoms with Gasteiger partial charge in [0.25, 0.3) is 0 Å². The molecule has 0 aliphatic rings. The molecule has 1 aromatic carbocycles. The van der Waals surface area contributed by atoms with Crippen molar-refractivity contribution in [1.29, 1.82) is 0 Å². The molecule has 0 aliphatic carbocycles. The van der Waals surface area contributed by atoms with Crippen LogP contribution in [0.2, 0.25) is 0 Å². The van der Waals surface area contributed by atoms with Gasteiger partial charge in [0.1, 0.15) is 11.6 Å². The molecule has 1 aromatic rings. The van der Waals surface area contributed by atoms with Crippen LogP contribution in [0.1, 0.15) is 12.5 Å². The van der Waals surface area contributed by atoms with Crippen LogP contribution < -0.4 is 11.1 Å².